The number of fused-ring (bicyclic) bond motifs is 1. The number of anilines is 3. The number of rotatable bonds is 5. The number of nitrogens with one attached hydrogen (secondary N) is 1. The molecule has 0 bridgehead atoms. The van der Waals surface area contributed by atoms with Crippen LogP contribution >= 0.6 is 0 Å². The van der Waals surface area contributed by atoms with Gasteiger partial charge in [0.15, 0.2) is 11.6 Å². The van der Waals surface area contributed by atoms with Gasteiger partial charge >= 0.3 is 0 Å². The maximum Gasteiger partial charge on any atom is 0.261 e. The van der Waals surface area contributed by atoms with Crippen molar-refractivity contribution in [3.63, 3.8) is 0 Å². The lowest BCUT2D eigenvalue weighted by molar-refractivity contribution is -0.136. The molecule has 2 amide bonds. The van der Waals surface area contributed by atoms with Gasteiger partial charge in [-0.2, -0.15) is 0 Å². The number of halogens is 3. The summed E-state index contributed by atoms with van der Waals surface area (Å²) in [5.74, 6) is -3.05. The largest absolute Gasteiger partial charge is 0.397 e. The number of aromatic nitrogens is 2. The minimum absolute atomic E-state index is 0.0202. The fraction of sp³-hybridized carbons (Fsp3) is 0.357. The van der Waals surface area contributed by atoms with E-state index in [0.717, 1.165) is 12.5 Å². The second kappa shape index (κ2) is 9.25. The lowest BCUT2D eigenvalue weighted by Gasteiger charge is -2.40. The highest BCUT2D eigenvalue weighted by atomic mass is 19.1. The number of nitrogens with two attached hydrogens (primary N) is 1. The fourth-order valence-corrected chi connectivity index (χ4v) is 5.42. The van der Waals surface area contributed by atoms with E-state index in [0.29, 0.717) is 24.7 Å². The lowest BCUT2D eigenvalue weighted by Crippen LogP contribution is -2.57. The van der Waals surface area contributed by atoms with Crippen LogP contribution in [-0.2, 0) is 4.79 Å². The van der Waals surface area contributed by atoms with Crippen molar-refractivity contribution in [2.75, 3.05) is 35.6 Å². The van der Waals surface area contributed by atoms with Crippen molar-refractivity contribution >= 4 is 29.1 Å². The van der Waals surface area contributed by atoms with Crippen molar-refractivity contribution in [2.45, 2.75) is 32.2 Å². The van der Waals surface area contributed by atoms with Gasteiger partial charge in [-0.15, -0.1) is 0 Å². The summed E-state index contributed by atoms with van der Waals surface area (Å²) < 4.78 is 45.6. The lowest BCUT2D eigenvalue weighted by atomic mass is 9.83. The monoisotopic (exact) mass is 536 g/mol. The molecule has 11 heteroatoms. The molecule has 3 aliphatic rings. The highest BCUT2D eigenvalue weighted by Gasteiger charge is 2.45. The molecule has 6 rings (SSSR count). The summed E-state index contributed by atoms with van der Waals surface area (Å²) in [5.41, 5.74) is 5.93. The topological polar surface area (TPSA) is 104 Å². The van der Waals surface area contributed by atoms with Crippen LogP contribution in [0.15, 0.2) is 36.7 Å². The van der Waals surface area contributed by atoms with Crippen molar-refractivity contribution < 1.29 is 22.8 Å². The number of hydrogen-bond acceptors (Lipinski definition) is 6. The Hall–Kier alpha value is -4.15. The van der Waals surface area contributed by atoms with Crippen LogP contribution < -0.4 is 16.0 Å². The first kappa shape index (κ1) is 25.1. The maximum atomic E-state index is 16.1. The Morgan fingerprint density at radius 3 is 2.46 bits per heavy atom. The third-order valence-electron chi connectivity index (χ3n) is 7.98. The minimum atomic E-state index is -0.962. The molecule has 202 valence electrons. The van der Waals surface area contributed by atoms with Crippen LogP contribution in [0, 0.1) is 36.2 Å². The van der Waals surface area contributed by atoms with Gasteiger partial charge in [0.25, 0.3) is 5.91 Å². The summed E-state index contributed by atoms with van der Waals surface area (Å²) in [6.07, 6.45) is 3.55. The van der Waals surface area contributed by atoms with Crippen LogP contribution in [0.5, 0.6) is 0 Å². The molecule has 3 unspecified atom stereocenters. The van der Waals surface area contributed by atoms with E-state index in [2.05, 4.69) is 15.3 Å². The smallest absolute Gasteiger partial charge is 0.261 e. The molecule has 39 heavy (non-hydrogen) atoms. The molecule has 2 aliphatic heterocycles. The van der Waals surface area contributed by atoms with Gasteiger partial charge in [0.05, 0.1) is 23.5 Å². The molecule has 4 heterocycles. The average Bonchev–Trinajstić information content (AvgIpc) is 3.63. The van der Waals surface area contributed by atoms with E-state index in [1.165, 1.54) is 30.3 Å². The first-order chi connectivity index (χ1) is 18.6. The molecule has 1 aromatic carbocycles. The van der Waals surface area contributed by atoms with E-state index in [1.807, 2.05) is 6.92 Å². The summed E-state index contributed by atoms with van der Waals surface area (Å²) in [4.78, 5) is 37.4. The van der Waals surface area contributed by atoms with Gasteiger partial charge in [-0.25, -0.2) is 23.1 Å². The molecule has 1 saturated carbocycles. The highest BCUT2D eigenvalue weighted by Crippen LogP contribution is 2.41. The second-order valence-corrected chi connectivity index (χ2v) is 10.6. The van der Waals surface area contributed by atoms with Crippen molar-refractivity contribution in [3.8, 4) is 0 Å². The predicted octanol–water partition coefficient (Wildman–Crippen LogP) is 3.86. The Morgan fingerprint density at radius 2 is 1.79 bits per heavy atom. The van der Waals surface area contributed by atoms with Gasteiger partial charge in [0.2, 0.25) is 5.91 Å². The van der Waals surface area contributed by atoms with Crippen LogP contribution in [0.25, 0.3) is 0 Å². The van der Waals surface area contributed by atoms with Crippen LogP contribution in [0.4, 0.5) is 30.5 Å². The first-order valence-electron chi connectivity index (χ1n) is 12.9. The number of carbonyl (C=O) groups is 2. The number of hydrogen-bond donors (Lipinski definition) is 2. The maximum absolute atomic E-state index is 16.1. The van der Waals surface area contributed by atoms with E-state index in [-0.39, 0.29) is 58.3 Å². The summed E-state index contributed by atoms with van der Waals surface area (Å²) in [6.45, 7) is 4.06. The van der Waals surface area contributed by atoms with Gasteiger partial charge in [-0.1, -0.05) is 13.0 Å². The highest BCUT2D eigenvalue weighted by molar-refractivity contribution is 6.08. The molecule has 3 atom stereocenters. The Labute approximate surface area is 223 Å². The zero-order valence-electron chi connectivity index (χ0n) is 21.4. The molecular weight excluding hydrogens is 509 g/mol. The molecule has 2 fully saturated rings. The van der Waals surface area contributed by atoms with Crippen molar-refractivity contribution in [3.05, 3.63) is 76.4 Å². The van der Waals surface area contributed by atoms with Gasteiger partial charge < -0.3 is 16.0 Å². The van der Waals surface area contributed by atoms with E-state index >= 15 is 8.78 Å². The van der Waals surface area contributed by atoms with Gasteiger partial charge in [-0.3, -0.25) is 14.5 Å². The zero-order valence-corrected chi connectivity index (χ0v) is 21.4. The molecular formula is C28H27F3N6O2. The SMILES string of the molecule is Cc1c(F)ccc(C2CN(c3ccc(N)cn3)C(=O)c3cnc(NC4CN(C(=O)C5CC5C)C4)c(F)c32)c1F. The molecule has 3 N–H and O–H groups in total. The number of likely N-dealkylation sites (tertiary alicyclic amines) is 1. The molecule has 8 nitrogen and oxygen atoms in total. The molecule has 0 spiro atoms. The van der Waals surface area contributed by atoms with Crippen LogP contribution in [0.3, 0.4) is 0 Å². The molecule has 3 aromatic rings. The van der Waals surface area contributed by atoms with Gasteiger partial charge in [-0.05, 0) is 43.0 Å². The number of carbonyl (C=O) groups excluding carboxylic acids is 2. The molecule has 2 aromatic heterocycles. The van der Waals surface area contributed by atoms with Crippen molar-refractivity contribution in [1.82, 2.24) is 14.9 Å². The van der Waals surface area contributed by atoms with Crippen LogP contribution in [-0.4, -0.2) is 52.4 Å². The van der Waals surface area contributed by atoms with E-state index in [4.69, 9.17) is 5.73 Å². The van der Waals surface area contributed by atoms with Crippen molar-refractivity contribution in [2.24, 2.45) is 11.8 Å². The Morgan fingerprint density at radius 1 is 1.05 bits per heavy atom. The fourth-order valence-electron chi connectivity index (χ4n) is 5.42. The Balaban J connectivity index is 1.35. The number of amides is 2. The third kappa shape index (κ3) is 4.25. The normalized spacial score (nSPS) is 22.4. The number of nitrogens with zero attached hydrogens (tertiary/aromatic N) is 4. The molecule has 1 aliphatic carbocycles. The van der Waals surface area contributed by atoms with Crippen LogP contribution in [0.1, 0.15) is 46.3 Å². The minimum Gasteiger partial charge on any atom is -0.397 e. The van der Waals surface area contributed by atoms with Gasteiger partial charge in [0, 0.05) is 48.8 Å². The number of nitrogen functional groups attached to an aromatic ring is 1. The average molecular weight is 537 g/mol. The molecule has 0 radical (unpaired) electrons. The number of pyridine rings is 2. The van der Waals surface area contributed by atoms with E-state index < -0.39 is 29.3 Å². The summed E-state index contributed by atoms with van der Waals surface area (Å²) in [7, 11) is 0. The van der Waals surface area contributed by atoms with Gasteiger partial charge in [0.1, 0.15) is 17.5 Å². The zero-order chi connectivity index (χ0) is 27.6. The molecule has 1 saturated heterocycles. The summed E-state index contributed by atoms with van der Waals surface area (Å²) in [6, 6.07) is 5.33. The Bertz CT molecular complexity index is 1490. The summed E-state index contributed by atoms with van der Waals surface area (Å²) in [5, 5.41) is 3.04. The Kier molecular flexibility index (Phi) is 5.96. The standard InChI is InChI=1S/C28H27F3N6O2/c1-13-7-18(13)27(38)36-10-16(11-36)35-26-25(31)23-19(9-34-26)28(39)37(22-6-3-15(32)8-33-22)12-20(23)17-4-5-21(29)14(2)24(17)30/h3-6,8-9,13,16,18,20H,7,10-12,32H2,1-2H3,(H,34,35). The third-order valence-corrected chi connectivity index (χ3v) is 7.98. The van der Waals surface area contributed by atoms with Crippen LogP contribution in [0.2, 0.25) is 0 Å². The quantitative estimate of drug-likeness (QED) is 0.513. The van der Waals surface area contributed by atoms with Crippen molar-refractivity contribution in [1.29, 1.82) is 0 Å². The predicted molar refractivity (Wildman–Crippen MR) is 139 cm³/mol. The van der Waals surface area contributed by atoms with E-state index in [9.17, 15) is 14.0 Å². The first-order valence-corrected chi connectivity index (χ1v) is 12.9. The number of benzene rings is 1. The second-order valence-electron chi connectivity index (χ2n) is 10.6. The summed E-state index contributed by atoms with van der Waals surface area (Å²) >= 11 is 0. The van der Waals surface area contributed by atoms with E-state index in [1.54, 1.807) is 17.0 Å².